The number of anilines is 1. The van der Waals surface area contributed by atoms with Gasteiger partial charge in [-0.15, -0.1) is 11.3 Å². The van der Waals surface area contributed by atoms with Crippen LogP contribution in [-0.4, -0.2) is 17.9 Å². The van der Waals surface area contributed by atoms with Gasteiger partial charge in [-0.25, -0.2) is 0 Å². The van der Waals surface area contributed by atoms with Gasteiger partial charge in [0.15, 0.2) is 0 Å². The lowest BCUT2D eigenvalue weighted by Crippen LogP contribution is -2.32. The fourth-order valence-corrected chi connectivity index (χ4v) is 3.17. The molecule has 2 rings (SSSR count). The summed E-state index contributed by atoms with van der Waals surface area (Å²) in [5.41, 5.74) is 1.18. The Kier molecular flexibility index (Phi) is 7.19. The summed E-state index contributed by atoms with van der Waals surface area (Å²) in [6, 6.07) is 10.8. The minimum atomic E-state index is -0.158. The molecule has 1 aromatic carbocycles. The third-order valence-corrected chi connectivity index (χ3v) is 4.79. The Bertz CT molecular complexity index is 695. The third kappa shape index (κ3) is 6.35. The monoisotopic (exact) mass is 358 g/mol. The molecular weight excluding hydrogens is 332 g/mol. The molecule has 0 aliphatic heterocycles. The van der Waals surface area contributed by atoms with Gasteiger partial charge < -0.3 is 10.6 Å². The summed E-state index contributed by atoms with van der Waals surface area (Å²) in [6.07, 6.45) is 3.25. The van der Waals surface area contributed by atoms with Crippen LogP contribution < -0.4 is 10.6 Å². The minimum Gasteiger partial charge on any atom is -0.350 e. The molecule has 0 aliphatic carbocycles. The predicted molar refractivity (Wildman–Crippen MR) is 104 cm³/mol. The topological polar surface area (TPSA) is 58.2 Å². The van der Waals surface area contributed by atoms with Crippen molar-refractivity contribution in [1.82, 2.24) is 5.32 Å². The Labute approximate surface area is 153 Å². The van der Waals surface area contributed by atoms with Crippen LogP contribution in [0.2, 0.25) is 0 Å². The lowest BCUT2D eigenvalue weighted by atomic mass is 10.0. The van der Waals surface area contributed by atoms with E-state index < -0.39 is 0 Å². The first-order chi connectivity index (χ1) is 12.0. The van der Waals surface area contributed by atoms with Crippen LogP contribution in [0.25, 0.3) is 0 Å². The molecule has 0 aliphatic rings. The van der Waals surface area contributed by atoms with Gasteiger partial charge >= 0.3 is 0 Å². The van der Waals surface area contributed by atoms with E-state index in [2.05, 4.69) is 24.5 Å². The highest BCUT2D eigenvalue weighted by Crippen LogP contribution is 2.15. The summed E-state index contributed by atoms with van der Waals surface area (Å²) in [5.74, 6) is 0.422. The molecule has 4 nitrogen and oxygen atoms in total. The molecule has 0 saturated carbocycles. The van der Waals surface area contributed by atoms with Gasteiger partial charge in [-0.05, 0) is 48.9 Å². The molecule has 2 aromatic rings. The molecule has 2 N–H and O–H groups in total. The first-order valence-electron chi connectivity index (χ1n) is 8.71. The first-order valence-corrected chi connectivity index (χ1v) is 9.59. The van der Waals surface area contributed by atoms with E-state index in [1.165, 1.54) is 17.8 Å². The number of nitrogens with one attached hydrogen (secondary N) is 2. The second-order valence-electron chi connectivity index (χ2n) is 6.71. The Morgan fingerprint density at radius 1 is 1.04 bits per heavy atom. The van der Waals surface area contributed by atoms with E-state index in [-0.39, 0.29) is 17.9 Å². The zero-order valence-corrected chi connectivity index (χ0v) is 15.9. The van der Waals surface area contributed by atoms with Gasteiger partial charge in [0.1, 0.15) is 0 Å². The summed E-state index contributed by atoms with van der Waals surface area (Å²) in [7, 11) is 0. The average Bonchev–Trinajstić information content (AvgIpc) is 3.09. The van der Waals surface area contributed by atoms with E-state index in [9.17, 15) is 9.59 Å². The molecule has 0 radical (unpaired) electrons. The highest BCUT2D eigenvalue weighted by atomic mass is 32.1. The Hall–Kier alpha value is -2.14. The van der Waals surface area contributed by atoms with E-state index in [4.69, 9.17) is 0 Å². The van der Waals surface area contributed by atoms with Crippen LogP contribution in [0.1, 0.15) is 60.1 Å². The molecular formula is C20H26N2O2S. The lowest BCUT2D eigenvalue weighted by Gasteiger charge is -2.15. The number of carbonyl (C=O) groups is 2. The van der Waals surface area contributed by atoms with Crippen molar-refractivity contribution in [3.63, 3.8) is 0 Å². The van der Waals surface area contributed by atoms with Crippen LogP contribution in [0.5, 0.6) is 0 Å². The van der Waals surface area contributed by atoms with Gasteiger partial charge in [0.25, 0.3) is 11.8 Å². The number of hydrogen-bond donors (Lipinski definition) is 2. The summed E-state index contributed by atoms with van der Waals surface area (Å²) < 4.78 is 0. The normalized spacial score (nSPS) is 12.0. The SMILES string of the molecule is CC(C)CCCC(C)NC(=O)c1cccc(NC(=O)c2cccs2)c1. The summed E-state index contributed by atoms with van der Waals surface area (Å²) in [4.78, 5) is 25.1. The molecule has 1 atom stereocenters. The van der Waals surface area contributed by atoms with Gasteiger partial charge in [-0.1, -0.05) is 38.8 Å². The van der Waals surface area contributed by atoms with Crippen molar-refractivity contribution in [2.75, 3.05) is 5.32 Å². The number of rotatable bonds is 8. The van der Waals surface area contributed by atoms with Crippen molar-refractivity contribution in [2.24, 2.45) is 5.92 Å². The molecule has 0 spiro atoms. The average molecular weight is 359 g/mol. The van der Waals surface area contributed by atoms with Gasteiger partial charge in [0, 0.05) is 17.3 Å². The predicted octanol–water partition coefficient (Wildman–Crippen LogP) is 4.95. The largest absolute Gasteiger partial charge is 0.350 e. The van der Waals surface area contributed by atoms with Crippen LogP contribution in [0.4, 0.5) is 5.69 Å². The maximum atomic E-state index is 12.4. The fourth-order valence-electron chi connectivity index (χ4n) is 2.55. The molecule has 1 unspecified atom stereocenters. The zero-order valence-electron chi connectivity index (χ0n) is 15.0. The van der Waals surface area contributed by atoms with E-state index in [0.717, 1.165) is 12.8 Å². The highest BCUT2D eigenvalue weighted by Gasteiger charge is 2.12. The van der Waals surface area contributed by atoms with E-state index in [1.807, 2.05) is 18.4 Å². The first kappa shape index (κ1) is 19.2. The molecule has 25 heavy (non-hydrogen) atoms. The summed E-state index contributed by atoms with van der Waals surface area (Å²) in [6.45, 7) is 6.44. The Morgan fingerprint density at radius 3 is 2.52 bits per heavy atom. The number of carbonyl (C=O) groups excluding carboxylic acids is 2. The fraction of sp³-hybridized carbons (Fsp3) is 0.400. The van der Waals surface area contributed by atoms with Crippen molar-refractivity contribution in [3.8, 4) is 0 Å². The van der Waals surface area contributed by atoms with Crippen molar-refractivity contribution >= 4 is 28.8 Å². The van der Waals surface area contributed by atoms with Crippen LogP contribution in [0.15, 0.2) is 41.8 Å². The standard InChI is InChI=1S/C20H26N2O2S/c1-14(2)7-4-8-15(3)21-19(23)16-9-5-10-17(13-16)22-20(24)18-11-6-12-25-18/h5-6,9-15H,4,7-8H2,1-3H3,(H,21,23)(H,22,24). The van der Waals surface area contributed by atoms with E-state index in [0.29, 0.717) is 22.0 Å². The van der Waals surface area contributed by atoms with Crippen LogP contribution in [0.3, 0.4) is 0 Å². The smallest absolute Gasteiger partial charge is 0.265 e. The molecule has 2 amide bonds. The van der Waals surface area contributed by atoms with Crippen LogP contribution >= 0.6 is 11.3 Å². The van der Waals surface area contributed by atoms with Crippen molar-refractivity contribution in [3.05, 3.63) is 52.2 Å². The number of hydrogen-bond acceptors (Lipinski definition) is 3. The summed E-state index contributed by atoms with van der Waals surface area (Å²) >= 11 is 1.39. The Balaban J connectivity index is 1.91. The van der Waals surface area contributed by atoms with E-state index >= 15 is 0 Å². The van der Waals surface area contributed by atoms with E-state index in [1.54, 1.807) is 30.3 Å². The van der Waals surface area contributed by atoms with Gasteiger partial charge in [-0.2, -0.15) is 0 Å². The quantitative estimate of drug-likeness (QED) is 0.702. The van der Waals surface area contributed by atoms with Crippen LogP contribution in [-0.2, 0) is 0 Å². The van der Waals surface area contributed by atoms with Crippen molar-refractivity contribution in [2.45, 2.75) is 46.1 Å². The molecule has 1 heterocycles. The van der Waals surface area contributed by atoms with Crippen LogP contribution in [0, 0.1) is 5.92 Å². The molecule has 0 saturated heterocycles. The molecule has 134 valence electrons. The lowest BCUT2D eigenvalue weighted by molar-refractivity contribution is 0.0936. The van der Waals surface area contributed by atoms with Crippen molar-refractivity contribution < 1.29 is 9.59 Å². The minimum absolute atomic E-state index is 0.107. The maximum Gasteiger partial charge on any atom is 0.265 e. The van der Waals surface area contributed by atoms with Gasteiger partial charge in [-0.3, -0.25) is 9.59 Å². The number of thiophene rings is 1. The summed E-state index contributed by atoms with van der Waals surface area (Å²) in [5, 5.41) is 7.72. The third-order valence-electron chi connectivity index (χ3n) is 3.92. The Morgan fingerprint density at radius 2 is 1.84 bits per heavy atom. The molecule has 5 heteroatoms. The zero-order chi connectivity index (χ0) is 18.2. The molecule has 1 aromatic heterocycles. The molecule has 0 bridgehead atoms. The van der Waals surface area contributed by atoms with Crippen molar-refractivity contribution in [1.29, 1.82) is 0 Å². The second kappa shape index (κ2) is 9.37. The number of amides is 2. The van der Waals surface area contributed by atoms with Gasteiger partial charge in [0.2, 0.25) is 0 Å². The number of benzene rings is 1. The second-order valence-corrected chi connectivity index (χ2v) is 7.66. The van der Waals surface area contributed by atoms with Gasteiger partial charge in [0.05, 0.1) is 4.88 Å². The molecule has 0 fully saturated rings. The maximum absolute atomic E-state index is 12.4. The highest BCUT2D eigenvalue weighted by molar-refractivity contribution is 7.12.